The first-order chi connectivity index (χ1) is 9.97. The number of carbonyl (C=O) groups excluding carboxylic acids is 1. The molecule has 0 radical (unpaired) electrons. The van der Waals surface area contributed by atoms with Crippen LogP contribution in [0.5, 0.6) is 0 Å². The van der Waals surface area contributed by atoms with Gasteiger partial charge in [-0.15, -0.1) is 0 Å². The van der Waals surface area contributed by atoms with Crippen molar-refractivity contribution < 1.29 is 9.21 Å². The van der Waals surface area contributed by atoms with Crippen molar-refractivity contribution in [2.75, 3.05) is 38.0 Å². The third kappa shape index (κ3) is 3.68. The molecule has 0 aromatic carbocycles. The van der Waals surface area contributed by atoms with Crippen molar-refractivity contribution in [1.82, 2.24) is 20.3 Å². The van der Waals surface area contributed by atoms with Crippen LogP contribution in [0.1, 0.15) is 16.2 Å². The van der Waals surface area contributed by atoms with Crippen LogP contribution in [0.25, 0.3) is 0 Å². The van der Waals surface area contributed by atoms with E-state index in [1.807, 2.05) is 28.2 Å². The highest BCUT2D eigenvalue weighted by Crippen LogP contribution is 2.10. The molecule has 112 valence electrons. The van der Waals surface area contributed by atoms with E-state index in [9.17, 15) is 4.79 Å². The highest BCUT2D eigenvalue weighted by Gasteiger charge is 2.12. The second kappa shape index (κ2) is 6.21. The number of carbonyl (C=O) groups is 1. The normalized spacial score (nSPS) is 10.3. The predicted octanol–water partition coefficient (Wildman–Crippen LogP) is 0.527. The molecule has 1 N–H and O–H groups in total. The van der Waals surface area contributed by atoms with Crippen molar-refractivity contribution in [2.24, 2.45) is 0 Å². The fourth-order valence-corrected chi connectivity index (χ4v) is 1.53. The lowest BCUT2D eigenvalue weighted by Gasteiger charge is -2.16. The number of hydrogen-bond donors (Lipinski definition) is 1. The lowest BCUT2D eigenvalue weighted by molar-refractivity contribution is 0.0949. The molecule has 0 aliphatic heterocycles. The molecule has 2 rings (SSSR count). The number of anilines is 2. The molecule has 2 heterocycles. The molecule has 0 fully saturated rings. The lowest BCUT2D eigenvalue weighted by Crippen LogP contribution is -2.26. The Morgan fingerprint density at radius 2 is 1.76 bits per heavy atom. The van der Waals surface area contributed by atoms with Crippen molar-refractivity contribution in [1.29, 1.82) is 0 Å². The highest BCUT2D eigenvalue weighted by atomic mass is 16.3. The minimum atomic E-state index is -0.234. The number of furan rings is 1. The Bertz CT molecular complexity index is 583. The van der Waals surface area contributed by atoms with Crippen molar-refractivity contribution in [3.8, 4) is 0 Å². The standard InChI is InChI=1S/C13H18N6O2/c1-18(2)12-15-10(16-13(17-12)19(3)4)7-14-11(20)9-5-6-21-8-9/h5-6,8H,7H2,1-4H3,(H,14,20). The van der Waals surface area contributed by atoms with E-state index >= 15 is 0 Å². The summed E-state index contributed by atoms with van der Waals surface area (Å²) in [7, 11) is 7.40. The first-order valence-corrected chi connectivity index (χ1v) is 6.37. The molecule has 21 heavy (non-hydrogen) atoms. The van der Waals surface area contributed by atoms with E-state index in [2.05, 4.69) is 20.3 Å². The molecule has 2 aromatic heterocycles. The van der Waals surface area contributed by atoms with Gasteiger partial charge in [-0.1, -0.05) is 0 Å². The Morgan fingerprint density at radius 3 is 2.24 bits per heavy atom. The van der Waals surface area contributed by atoms with Crippen LogP contribution in [0, 0.1) is 0 Å². The summed E-state index contributed by atoms with van der Waals surface area (Å²) < 4.78 is 4.87. The van der Waals surface area contributed by atoms with Crippen LogP contribution >= 0.6 is 0 Å². The summed E-state index contributed by atoms with van der Waals surface area (Å²) in [6, 6.07) is 1.60. The van der Waals surface area contributed by atoms with Gasteiger partial charge in [-0.3, -0.25) is 4.79 Å². The van der Waals surface area contributed by atoms with Gasteiger partial charge in [0.15, 0.2) is 5.82 Å². The molecule has 8 heteroatoms. The quantitative estimate of drug-likeness (QED) is 0.859. The minimum absolute atomic E-state index is 0.216. The highest BCUT2D eigenvalue weighted by molar-refractivity contribution is 5.93. The molecule has 0 bridgehead atoms. The molecule has 0 aliphatic carbocycles. The van der Waals surface area contributed by atoms with Crippen LogP contribution in [0.3, 0.4) is 0 Å². The zero-order valence-corrected chi connectivity index (χ0v) is 12.5. The van der Waals surface area contributed by atoms with Gasteiger partial charge in [0.25, 0.3) is 5.91 Å². The largest absolute Gasteiger partial charge is 0.472 e. The Morgan fingerprint density at radius 1 is 1.14 bits per heavy atom. The van der Waals surface area contributed by atoms with Crippen LogP contribution < -0.4 is 15.1 Å². The van der Waals surface area contributed by atoms with Gasteiger partial charge in [0.2, 0.25) is 11.9 Å². The van der Waals surface area contributed by atoms with Gasteiger partial charge in [-0.05, 0) is 6.07 Å². The van der Waals surface area contributed by atoms with Gasteiger partial charge in [0, 0.05) is 28.2 Å². The molecular weight excluding hydrogens is 272 g/mol. The molecular formula is C13H18N6O2. The van der Waals surface area contributed by atoms with Gasteiger partial charge in [-0.25, -0.2) is 0 Å². The Labute approximate surface area is 122 Å². The summed E-state index contributed by atoms with van der Waals surface area (Å²) in [6.07, 6.45) is 2.84. The minimum Gasteiger partial charge on any atom is -0.472 e. The van der Waals surface area contributed by atoms with E-state index in [1.54, 1.807) is 15.9 Å². The van der Waals surface area contributed by atoms with Crippen molar-refractivity contribution in [3.05, 3.63) is 30.0 Å². The Kier molecular flexibility index (Phi) is 4.36. The number of hydrogen-bond acceptors (Lipinski definition) is 7. The average molecular weight is 290 g/mol. The second-order valence-electron chi connectivity index (χ2n) is 4.84. The van der Waals surface area contributed by atoms with Gasteiger partial charge < -0.3 is 19.5 Å². The summed E-state index contributed by atoms with van der Waals surface area (Å²) in [6.45, 7) is 0.216. The Hall–Kier alpha value is -2.64. The molecule has 0 atom stereocenters. The van der Waals surface area contributed by atoms with Crippen molar-refractivity contribution in [2.45, 2.75) is 6.54 Å². The third-order valence-electron chi connectivity index (χ3n) is 2.65. The summed E-state index contributed by atoms with van der Waals surface area (Å²) in [5, 5.41) is 2.74. The summed E-state index contributed by atoms with van der Waals surface area (Å²) in [5.74, 6) is 1.35. The fourth-order valence-electron chi connectivity index (χ4n) is 1.53. The number of aromatic nitrogens is 3. The van der Waals surface area contributed by atoms with E-state index in [0.717, 1.165) is 0 Å². The Balaban J connectivity index is 2.13. The van der Waals surface area contributed by atoms with Crippen LogP contribution in [-0.4, -0.2) is 49.0 Å². The average Bonchev–Trinajstić information content (AvgIpc) is 2.98. The summed E-state index contributed by atoms with van der Waals surface area (Å²) >= 11 is 0. The van der Waals surface area contributed by atoms with E-state index in [4.69, 9.17) is 4.42 Å². The smallest absolute Gasteiger partial charge is 0.254 e. The molecule has 0 spiro atoms. The van der Waals surface area contributed by atoms with Crippen LogP contribution in [0.15, 0.2) is 23.0 Å². The fraction of sp³-hybridized carbons (Fsp3) is 0.385. The van der Waals surface area contributed by atoms with Crippen LogP contribution in [0.2, 0.25) is 0 Å². The second-order valence-corrected chi connectivity index (χ2v) is 4.84. The molecule has 0 saturated heterocycles. The predicted molar refractivity (Wildman–Crippen MR) is 78.4 cm³/mol. The topological polar surface area (TPSA) is 87.4 Å². The van der Waals surface area contributed by atoms with Crippen LogP contribution in [0.4, 0.5) is 11.9 Å². The van der Waals surface area contributed by atoms with Gasteiger partial charge in [-0.2, -0.15) is 15.0 Å². The van der Waals surface area contributed by atoms with Gasteiger partial charge in [0.05, 0.1) is 18.4 Å². The molecule has 0 unspecified atom stereocenters. The molecule has 8 nitrogen and oxygen atoms in total. The van der Waals surface area contributed by atoms with Crippen molar-refractivity contribution >= 4 is 17.8 Å². The van der Waals surface area contributed by atoms with Crippen LogP contribution in [-0.2, 0) is 6.54 Å². The number of rotatable bonds is 5. The number of amides is 1. The SMILES string of the molecule is CN(C)c1nc(CNC(=O)c2ccoc2)nc(N(C)C)n1. The van der Waals surface area contributed by atoms with E-state index in [1.165, 1.54) is 12.5 Å². The monoisotopic (exact) mass is 290 g/mol. The lowest BCUT2D eigenvalue weighted by atomic mass is 10.3. The molecule has 1 amide bonds. The van der Waals surface area contributed by atoms with E-state index in [-0.39, 0.29) is 12.5 Å². The molecule has 0 aliphatic rings. The number of nitrogens with one attached hydrogen (secondary N) is 1. The van der Waals surface area contributed by atoms with Gasteiger partial charge >= 0.3 is 0 Å². The van der Waals surface area contributed by atoms with E-state index < -0.39 is 0 Å². The van der Waals surface area contributed by atoms with E-state index in [0.29, 0.717) is 23.3 Å². The maximum absolute atomic E-state index is 11.9. The summed E-state index contributed by atoms with van der Waals surface area (Å²) in [5.41, 5.74) is 0.463. The first-order valence-electron chi connectivity index (χ1n) is 6.37. The molecule has 0 saturated carbocycles. The first kappa shape index (κ1) is 14.8. The van der Waals surface area contributed by atoms with Gasteiger partial charge in [0.1, 0.15) is 6.26 Å². The zero-order chi connectivity index (χ0) is 15.4. The maximum Gasteiger partial charge on any atom is 0.254 e. The number of nitrogens with zero attached hydrogens (tertiary/aromatic N) is 5. The zero-order valence-electron chi connectivity index (χ0n) is 12.5. The maximum atomic E-state index is 11.9. The summed E-state index contributed by atoms with van der Waals surface area (Å²) in [4.78, 5) is 28.4. The van der Waals surface area contributed by atoms with Crippen molar-refractivity contribution in [3.63, 3.8) is 0 Å². The molecule has 2 aromatic rings. The third-order valence-corrected chi connectivity index (χ3v) is 2.65.